The molecule has 4 aromatic rings. The summed E-state index contributed by atoms with van der Waals surface area (Å²) in [6.45, 7) is 5.37. The number of hydrogen-bond donors (Lipinski definition) is 1. The molecule has 5 rings (SSSR count). The molecule has 11 nitrogen and oxygen atoms in total. The van der Waals surface area contributed by atoms with Crippen molar-refractivity contribution in [3.8, 4) is 11.5 Å². The molecule has 3 atom stereocenters. The smallest absolute Gasteiger partial charge is 0.248 e. The zero-order valence-electron chi connectivity index (χ0n) is 23.5. The highest BCUT2D eigenvalue weighted by Gasteiger charge is 2.35. The molecule has 3 heterocycles. The molecular formula is C28H36N8O3S. The van der Waals surface area contributed by atoms with Crippen molar-refractivity contribution < 1.29 is 12.8 Å². The molecule has 1 aliphatic rings. The third kappa shape index (κ3) is 6.34. The highest BCUT2D eigenvalue weighted by molar-refractivity contribution is 7.92. The zero-order valence-corrected chi connectivity index (χ0v) is 24.3. The number of rotatable bonds is 11. The Morgan fingerprint density at radius 2 is 1.85 bits per heavy atom. The Labute approximate surface area is 235 Å². The molecule has 1 aromatic carbocycles. The highest BCUT2D eigenvalue weighted by Crippen LogP contribution is 2.40. The van der Waals surface area contributed by atoms with E-state index in [1.807, 2.05) is 62.6 Å². The quantitative estimate of drug-likeness (QED) is 0.291. The molecular weight excluding hydrogens is 528 g/mol. The Morgan fingerprint density at radius 3 is 2.48 bits per heavy atom. The van der Waals surface area contributed by atoms with Gasteiger partial charge in [-0.1, -0.05) is 37.3 Å². The largest absolute Gasteiger partial charge is 0.419 e. The Hall–Kier alpha value is -3.77. The van der Waals surface area contributed by atoms with Gasteiger partial charge in [-0.15, -0.1) is 10.2 Å². The number of benzene rings is 1. The van der Waals surface area contributed by atoms with E-state index in [0.29, 0.717) is 42.1 Å². The average molecular weight is 565 g/mol. The van der Waals surface area contributed by atoms with Gasteiger partial charge >= 0.3 is 0 Å². The minimum absolute atomic E-state index is 0.240. The van der Waals surface area contributed by atoms with Crippen molar-refractivity contribution in [1.82, 2.24) is 25.0 Å². The van der Waals surface area contributed by atoms with Gasteiger partial charge in [-0.05, 0) is 55.4 Å². The first kappa shape index (κ1) is 27.8. The fourth-order valence-electron chi connectivity index (χ4n) is 4.70. The minimum atomic E-state index is -3.57. The van der Waals surface area contributed by atoms with Gasteiger partial charge in [0.1, 0.15) is 11.6 Å². The predicted molar refractivity (Wildman–Crippen MR) is 154 cm³/mol. The Balaban J connectivity index is 1.53. The van der Waals surface area contributed by atoms with Crippen molar-refractivity contribution in [3.63, 3.8) is 0 Å². The molecule has 1 fully saturated rings. The molecule has 0 radical (unpaired) electrons. The number of sulfonamides is 1. The second-order valence-electron chi connectivity index (χ2n) is 11.1. The second-order valence-corrected chi connectivity index (χ2v) is 13.1. The molecule has 0 amide bonds. The van der Waals surface area contributed by atoms with Crippen molar-refractivity contribution in [2.75, 3.05) is 29.1 Å². The maximum Gasteiger partial charge on any atom is 0.248 e. The second kappa shape index (κ2) is 10.7. The number of aromatic nitrogens is 5. The summed E-state index contributed by atoms with van der Waals surface area (Å²) in [6.07, 6.45) is 4.70. The lowest BCUT2D eigenvalue weighted by Gasteiger charge is -2.25. The summed E-state index contributed by atoms with van der Waals surface area (Å²) in [5, 5.41) is 13.1. The maximum atomic E-state index is 12.5. The van der Waals surface area contributed by atoms with Crippen LogP contribution in [0.15, 0.2) is 59.1 Å². The van der Waals surface area contributed by atoms with Crippen molar-refractivity contribution >= 4 is 21.7 Å². The molecule has 0 bridgehead atoms. The fourth-order valence-corrected chi connectivity index (χ4v) is 5.14. The number of nitrogens with two attached hydrogens (primary N) is 1. The molecule has 3 aromatic heterocycles. The van der Waals surface area contributed by atoms with Crippen molar-refractivity contribution in [2.45, 2.75) is 38.8 Å². The normalized spacial score (nSPS) is 18.4. The third-order valence-corrected chi connectivity index (χ3v) is 8.55. The van der Waals surface area contributed by atoms with Crippen LogP contribution in [0.5, 0.6) is 0 Å². The van der Waals surface area contributed by atoms with Gasteiger partial charge in [0.2, 0.25) is 21.8 Å². The summed E-state index contributed by atoms with van der Waals surface area (Å²) < 4.78 is 34.0. The van der Waals surface area contributed by atoms with E-state index in [1.54, 1.807) is 10.7 Å². The zero-order chi connectivity index (χ0) is 28.7. The van der Waals surface area contributed by atoms with Gasteiger partial charge in [-0.2, -0.15) is 5.10 Å². The average Bonchev–Trinajstić information content (AvgIpc) is 3.25. The standard InChI is InChI=1S/C28H36N8O3S/c1-19-13-22(19)17-36(18-23-11-12-34(3)33-23)25-15-21(14-24(30-25)35(4)40(5,37)38)26-31-32-27(39-26)28(2,29)16-20-9-7-6-8-10-20/h6-12,14-15,19,22H,13,16-18,29H2,1-5H3/t19?,22?,28-/m1/s1. The first-order valence-electron chi connectivity index (χ1n) is 13.3. The van der Waals surface area contributed by atoms with E-state index in [1.165, 1.54) is 7.05 Å². The third-order valence-electron chi connectivity index (χ3n) is 7.37. The monoisotopic (exact) mass is 564 g/mol. The molecule has 212 valence electrons. The molecule has 1 aliphatic carbocycles. The van der Waals surface area contributed by atoms with E-state index in [-0.39, 0.29) is 11.7 Å². The van der Waals surface area contributed by atoms with Gasteiger partial charge in [-0.25, -0.2) is 13.4 Å². The van der Waals surface area contributed by atoms with Crippen LogP contribution in [-0.2, 0) is 35.6 Å². The number of aryl methyl sites for hydroxylation is 1. The van der Waals surface area contributed by atoms with Crippen molar-refractivity contribution in [2.24, 2.45) is 24.6 Å². The highest BCUT2D eigenvalue weighted by atomic mass is 32.2. The van der Waals surface area contributed by atoms with Crippen LogP contribution in [0.2, 0.25) is 0 Å². The first-order chi connectivity index (χ1) is 18.9. The molecule has 0 saturated heterocycles. The van der Waals surface area contributed by atoms with E-state index < -0.39 is 15.6 Å². The summed E-state index contributed by atoms with van der Waals surface area (Å²) in [5.41, 5.74) is 8.22. The van der Waals surface area contributed by atoms with Crippen LogP contribution in [0.1, 0.15) is 37.4 Å². The molecule has 2 unspecified atom stereocenters. The molecule has 0 spiro atoms. The van der Waals surface area contributed by atoms with Crippen LogP contribution in [-0.4, -0.2) is 53.2 Å². The van der Waals surface area contributed by atoms with Gasteiger partial charge in [0.05, 0.1) is 24.0 Å². The van der Waals surface area contributed by atoms with Crippen LogP contribution < -0.4 is 14.9 Å². The van der Waals surface area contributed by atoms with Crippen LogP contribution in [0.3, 0.4) is 0 Å². The van der Waals surface area contributed by atoms with Gasteiger partial charge < -0.3 is 15.1 Å². The lowest BCUT2D eigenvalue weighted by Crippen LogP contribution is -2.35. The fraction of sp³-hybridized carbons (Fsp3) is 0.429. The molecule has 2 N–H and O–H groups in total. The van der Waals surface area contributed by atoms with Crippen LogP contribution in [0.4, 0.5) is 11.6 Å². The number of nitrogens with zero attached hydrogens (tertiary/aromatic N) is 7. The molecule has 12 heteroatoms. The topological polar surface area (TPSA) is 136 Å². The summed E-state index contributed by atoms with van der Waals surface area (Å²) in [7, 11) is -0.215. The van der Waals surface area contributed by atoms with Gasteiger partial charge in [-0.3, -0.25) is 8.99 Å². The van der Waals surface area contributed by atoms with Gasteiger partial charge in [0.15, 0.2) is 0 Å². The molecule has 0 aliphatic heterocycles. The summed E-state index contributed by atoms with van der Waals surface area (Å²) in [6, 6.07) is 15.3. The van der Waals surface area contributed by atoms with Crippen LogP contribution >= 0.6 is 0 Å². The van der Waals surface area contributed by atoms with E-state index in [9.17, 15) is 8.42 Å². The summed E-state index contributed by atoms with van der Waals surface area (Å²) in [5.74, 6) is 2.54. The summed E-state index contributed by atoms with van der Waals surface area (Å²) >= 11 is 0. The first-order valence-corrected chi connectivity index (χ1v) is 15.1. The van der Waals surface area contributed by atoms with E-state index in [2.05, 4.69) is 27.1 Å². The van der Waals surface area contributed by atoms with Gasteiger partial charge in [0.25, 0.3) is 0 Å². The van der Waals surface area contributed by atoms with Gasteiger partial charge in [0, 0.05) is 32.4 Å². The maximum absolute atomic E-state index is 12.5. The van der Waals surface area contributed by atoms with Crippen molar-refractivity contribution in [1.29, 1.82) is 0 Å². The number of pyridine rings is 1. The van der Waals surface area contributed by atoms with E-state index in [0.717, 1.165) is 34.8 Å². The Kier molecular flexibility index (Phi) is 7.40. The Morgan fingerprint density at radius 1 is 1.15 bits per heavy atom. The van der Waals surface area contributed by atoms with E-state index >= 15 is 0 Å². The van der Waals surface area contributed by atoms with Crippen molar-refractivity contribution in [3.05, 3.63) is 71.9 Å². The summed E-state index contributed by atoms with van der Waals surface area (Å²) in [4.78, 5) is 6.91. The number of hydrogen-bond acceptors (Lipinski definition) is 9. The lowest BCUT2D eigenvalue weighted by molar-refractivity contribution is 0.355. The minimum Gasteiger partial charge on any atom is -0.419 e. The number of anilines is 2. The molecule has 1 saturated carbocycles. The van der Waals surface area contributed by atoms with Crippen LogP contribution in [0.25, 0.3) is 11.5 Å². The van der Waals surface area contributed by atoms with Crippen LogP contribution in [0, 0.1) is 11.8 Å². The van der Waals surface area contributed by atoms with E-state index in [4.69, 9.17) is 15.1 Å². The predicted octanol–water partition coefficient (Wildman–Crippen LogP) is 3.34. The SMILES string of the molecule is CC1CC1CN(Cc1ccn(C)n1)c1cc(-c2nnc([C@](C)(N)Cc3ccccc3)o2)cc(N(C)S(C)(=O)=O)n1. The Bertz CT molecular complexity index is 1580. The molecule has 40 heavy (non-hydrogen) atoms. The lowest BCUT2D eigenvalue weighted by atomic mass is 9.94.